The standard InChI is InChI=1S/C12H9ClN2S/c1-8-2-3-11(16-8)10-7-15-5-4-9(13)6-12(15)14-10/h2-7H,1H3. The molecular weight excluding hydrogens is 240 g/mol. The first-order valence-corrected chi connectivity index (χ1v) is 6.13. The highest BCUT2D eigenvalue weighted by atomic mass is 35.5. The van der Waals surface area contributed by atoms with E-state index in [-0.39, 0.29) is 0 Å². The summed E-state index contributed by atoms with van der Waals surface area (Å²) in [5.74, 6) is 0. The van der Waals surface area contributed by atoms with Crippen LogP contribution in [0, 0.1) is 6.92 Å². The molecule has 16 heavy (non-hydrogen) atoms. The molecule has 0 atom stereocenters. The number of rotatable bonds is 1. The quantitative estimate of drug-likeness (QED) is 0.636. The van der Waals surface area contributed by atoms with Gasteiger partial charge in [0.05, 0.1) is 10.6 Å². The lowest BCUT2D eigenvalue weighted by atomic mass is 10.4. The number of hydrogen-bond donors (Lipinski definition) is 0. The number of imidazole rings is 1. The zero-order chi connectivity index (χ0) is 11.1. The number of pyridine rings is 1. The normalized spacial score (nSPS) is 11.1. The molecule has 4 heteroatoms. The summed E-state index contributed by atoms with van der Waals surface area (Å²) in [5.41, 5.74) is 1.88. The predicted molar refractivity (Wildman–Crippen MR) is 68.3 cm³/mol. The predicted octanol–water partition coefficient (Wildman–Crippen LogP) is 4.02. The van der Waals surface area contributed by atoms with E-state index in [1.807, 2.05) is 28.9 Å². The zero-order valence-corrected chi connectivity index (χ0v) is 10.2. The molecule has 0 N–H and O–H groups in total. The zero-order valence-electron chi connectivity index (χ0n) is 8.64. The van der Waals surface area contributed by atoms with Crippen molar-refractivity contribution in [1.82, 2.24) is 9.38 Å². The van der Waals surface area contributed by atoms with Crippen LogP contribution in [0.1, 0.15) is 4.88 Å². The molecule has 0 aromatic carbocycles. The third kappa shape index (κ3) is 1.62. The fourth-order valence-electron chi connectivity index (χ4n) is 1.65. The molecule has 0 spiro atoms. The van der Waals surface area contributed by atoms with Crippen LogP contribution < -0.4 is 0 Å². The first-order chi connectivity index (χ1) is 7.72. The molecule has 0 saturated heterocycles. The molecule has 3 rings (SSSR count). The van der Waals surface area contributed by atoms with Crippen molar-refractivity contribution in [3.63, 3.8) is 0 Å². The van der Waals surface area contributed by atoms with Crippen LogP contribution in [0.25, 0.3) is 16.2 Å². The summed E-state index contributed by atoms with van der Waals surface area (Å²) < 4.78 is 1.98. The first-order valence-electron chi connectivity index (χ1n) is 4.93. The largest absolute Gasteiger partial charge is 0.306 e. The number of hydrogen-bond acceptors (Lipinski definition) is 2. The Morgan fingerprint density at radius 2 is 2.19 bits per heavy atom. The van der Waals surface area contributed by atoms with Gasteiger partial charge in [-0.3, -0.25) is 0 Å². The van der Waals surface area contributed by atoms with Crippen LogP contribution in [0.5, 0.6) is 0 Å². The maximum absolute atomic E-state index is 5.93. The van der Waals surface area contributed by atoms with Crippen molar-refractivity contribution < 1.29 is 0 Å². The Kier molecular flexibility index (Phi) is 2.23. The molecule has 0 amide bonds. The minimum Gasteiger partial charge on any atom is -0.306 e. The molecule has 0 radical (unpaired) electrons. The summed E-state index contributed by atoms with van der Waals surface area (Å²) in [5, 5.41) is 0.715. The van der Waals surface area contributed by atoms with Crippen molar-refractivity contribution in [3.05, 3.63) is 46.6 Å². The third-order valence-corrected chi connectivity index (χ3v) is 3.67. The topological polar surface area (TPSA) is 17.3 Å². The second-order valence-electron chi connectivity index (χ2n) is 3.65. The third-order valence-electron chi connectivity index (χ3n) is 2.42. The molecular formula is C12H9ClN2S. The van der Waals surface area contributed by atoms with E-state index in [0.717, 1.165) is 11.3 Å². The van der Waals surface area contributed by atoms with E-state index < -0.39 is 0 Å². The van der Waals surface area contributed by atoms with Crippen molar-refractivity contribution >= 4 is 28.6 Å². The number of halogens is 1. The van der Waals surface area contributed by atoms with Crippen LogP contribution in [-0.4, -0.2) is 9.38 Å². The van der Waals surface area contributed by atoms with Crippen molar-refractivity contribution in [2.45, 2.75) is 6.92 Å². The van der Waals surface area contributed by atoms with Crippen LogP contribution in [0.4, 0.5) is 0 Å². The van der Waals surface area contributed by atoms with E-state index in [2.05, 4.69) is 24.0 Å². The summed E-state index contributed by atoms with van der Waals surface area (Å²) in [7, 11) is 0. The fourth-order valence-corrected chi connectivity index (χ4v) is 2.62. The van der Waals surface area contributed by atoms with Crippen molar-refractivity contribution in [2.75, 3.05) is 0 Å². The highest BCUT2D eigenvalue weighted by molar-refractivity contribution is 7.15. The Morgan fingerprint density at radius 3 is 2.94 bits per heavy atom. The van der Waals surface area contributed by atoms with E-state index in [1.165, 1.54) is 9.75 Å². The van der Waals surface area contributed by atoms with Crippen molar-refractivity contribution in [1.29, 1.82) is 0 Å². The Hall–Kier alpha value is -1.32. The van der Waals surface area contributed by atoms with Crippen LogP contribution in [0.15, 0.2) is 36.7 Å². The number of aromatic nitrogens is 2. The molecule has 0 aliphatic rings. The Morgan fingerprint density at radius 1 is 1.31 bits per heavy atom. The van der Waals surface area contributed by atoms with Crippen LogP contribution in [-0.2, 0) is 0 Å². The van der Waals surface area contributed by atoms with Gasteiger partial charge >= 0.3 is 0 Å². The molecule has 0 bridgehead atoms. The lowest BCUT2D eigenvalue weighted by molar-refractivity contribution is 1.19. The van der Waals surface area contributed by atoms with Gasteiger partial charge in [-0.2, -0.15) is 0 Å². The van der Waals surface area contributed by atoms with Crippen molar-refractivity contribution in [3.8, 4) is 10.6 Å². The van der Waals surface area contributed by atoms with Crippen LogP contribution >= 0.6 is 22.9 Å². The van der Waals surface area contributed by atoms with E-state index in [9.17, 15) is 0 Å². The van der Waals surface area contributed by atoms with Gasteiger partial charge in [-0.15, -0.1) is 11.3 Å². The molecule has 2 nitrogen and oxygen atoms in total. The number of fused-ring (bicyclic) bond motifs is 1. The van der Waals surface area contributed by atoms with Gasteiger partial charge in [-0.25, -0.2) is 4.98 Å². The SMILES string of the molecule is Cc1ccc(-c2cn3ccc(Cl)cc3n2)s1. The number of thiophene rings is 1. The molecule has 3 heterocycles. The van der Waals surface area contributed by atoms with Gasteiger partial charge in [0.1, 0.15) is 5.65 Å². The fraction of sp³-hybridized carbons (Fsp3) is 0.0833. The lowest BCUT2D eigenvalue weighted by Crippen LogP contribution is -1.79. The lowest BCUT2D eigenvalue weighted by Gasteiger charge is -1.90. The van der Waals surface area contributed by atoms with E-state index >= 15 is 0 Å². The highest BCUT2D eigenvalue weighted by Crippen LogP contribution is 2.27. The summed E-state index contributed by atoms with van der Waals surface area (Å²) >= 11 is 7.68. The molecule has 0 fully saturated rings. The molecule has 0 unspecified atom stereocenters. The maximum Gasteiger partial charge on any atom is 0.138 e. The van der Waals surface area contributed by atoms with Crippen molar-refractivity contribution in [2.24, 2.45) is 0 Å². The molecule has 3 aromatic heterocycles. The molecule has 3 aromatic rings. The minimum atomic E-state index is 0.715. The first kappa shape index (κ1) is 9.87. The summed E-state index contributed by atoms with van der Waals surface area (Å²) in [6.45, 7) is 2.10. The van der Waals surface area contributed by atoms with Crippen LogP contribution in [0.3, 0.4) is 0 Å². The monoisotopic (exact) mass is 248 g/mol. The second kappa shape index (κ2) is 3.61. The Bertz CT molecular complexity index is 654. The van der Waals surface area contributed by atoms with Gasteiger partial charge in [0.15, 0.2) is 0 Å². The molecule has 80 valence electrons. The second-order valence-corrected chi connectivity index (χ2v) is 5.37. The van der Waals surface area contributed by atoms with E-state index in [1.54, 1.807) is 11.3 Å². The summed E-state index contributed by atoms with van der Waals surface area (Å²) in [4.78, 5) is 7.03. The molecule has 0 aliphatic carbocycles. The van der Waals surface area contributed by atoms with E-state index in [0.29, 0.717) is 5.02 Å². The average molecular weight is 249 g/mol. The summed E-state index contributed by atoms with van der Waals surface area (Å²) in [6.07, 6.45) is 3.95. The van der Waals surface area contributed by atoms with Gasteiger partial charge in [0, 0.05) is 28.4 Å². The van der Waals surface area contributed by atoms with Gasteiger partial charge in [0.2, 0.25) is 0 Å². The van der Waals surface area contributed by atoms with Gasteiger partial charge in [-0.1, -0.05) is 11.6 Å². The van der Waals surface area contributed by atoms with Gasteiger partial charge in [0.25, 0.3) is 0 Å². The average Bonchev–Trinajstić information content (AvgIpc) is 2.83. The van der Waals surface area contributed by atoms with Gasteiger partial charge < -0.3 is 4.40 Å². The highest BCUT2D eigenvalue weighted by Gasteiger charge is 2.06. The molecule has 0 aliphatic heterocycles. The minimum absolute atomic E-state index is 0.715. The maximum atomic E-state index is 5.93. The Labute approximate surface area is 102 Å². The molecule has 0 saturated carbocycles. The van der Waals surface area contributed by atoms with Crippen LogP contribution in [0.2, 0.25) is 5.02 Å². The smallest absolute Gasteiger partial charge is 0.138 e. The Balaban J connectivity index is 2.18. The summed E-state index contributed by atoms with van der Waals surface area (Å²) in [6, 6.07) is 7.94. The number of aryl methyl sites for hydroxylation is 1. The van der Waals surface area contributed by atoms with E-state index in [4.69, 9.17) is 11.6 Å². The number of nitrogens with zero attached hydrogens (tertiary/aromatic N) is 2. The van der Waals surface area contributed by atoms with Gasteiger partial charge in [-0.05, 0) is 25.1 Å².